The minimum absolute atomic E-state index is 0.138. The van der Waals surface area contributed by atoms with E-state index in [9.17, 15) is 0 Å². The van der Waals surface area contributed by atoms with Gasteiger partial charge in [0, 0.05) is 15.5 Å². The predicted molar refractivity (Wildman–Crippen MR) is 170 cm³/mol. The molecular weight excluding hydrogens is 553 g/mol. The number of hydrogen-bond donors (Lipinski definition) is 4. The fourth-order valence-corrected chi connectivity index (χ4v) is 6.40. The monoisotopic (exact) mass is 592 g/mol. The Morgan fingerprint density at radius 3 is 1.80 bits per heavy atom. The Labute approximate surface area is 251 Å². The van der Waals surface area contributed by atoms with Crippen LogP contribution >= 0.6 is 23.5 Å². The van der Waals surface area contributed by atoms with E-state index in [1.165, 1.54) is 11.8 Å². The summed E-state index contributed by atoms with van der Waals surface area (Å²) in [4.78, 5) is 3.54. The van der Waals surface area contributed by atoms with E-state index in [0.717, 1.165) is 38.2 Å². The Morgan fingerprint density at radius 1 is 0.756 bits per heavy atom. The van der Waals surface area contributed by atoms with Crippen LogP contribution in [0, 0.1) is 22.7 Å². The van der Waals surface area contributed by atoms with Gasteiger partial charge in [0.25, 0.3) is 0 Å². The molecule has 0 radical (unpaired) electrons. The molecule has 1 aliphatic rings. The van der Waals surface area contributed by atoms with Crippen LogP contribution in [0.15, 0.2) is 68.1 Å². The molecule has 3 aromatic rings. The number of para-hydroxylation sites is 1. The Bertz CT molecular complexity index is 1390. The number of rotatable bonds is 14. The molecule has 0 unspecified atom stereocenters. The number of ether oxygens (including phenoxy) is 3. The summed E-state index contributed by atoms with van der Waals surface area (Å²) >= 11 is 3.07. The number of nitrogens with one attached hydrogen (secondary N) is 3. The number of nitrogen functional groups attached to an aromatic ring is 1. The van der Waals surface area contributed by atoms with Gasteiger partial charge in [-0.1, -0.05) is 63.4 Å². The van der Waals surface area contributed by atoms with Gasteiger partial charge >= 0.3 is 0 Å². The molecule has 7 nitrogen and oxygen atoms in total. The minimum atomic E-state index is 0.138. The number of benzene rings is 3. The Morgan fingerprint density at radius 2 is 1.29 bits per heavy atom. The third kappa shape index (κ3) is 7.51. The summed E-state index contributed by atoms with van der Waals surface area (Å²) in [5, 5.41) is 20.5. The van der Waals surface area contributed by atoms with Gasteiger partial charge in [-0.3, -0.25) is 10.8 Å². The molecule has 0 bridgehead atoms. The van der Waals surface area contributed by atoms with Crippen LogP contribution in [0.25, 0.3) is 0 Å². The van der Waals surface area contributed by atoms with Crippen LogP contribution in [0.5, 0.6) is 17.2 Å². The molecule has 0 atom stereocenters. The van der Waals surface area contributed by atoms with Gasteiger partial charge in [-0.15, -0.1) is 0 Å². The smallest absolute Gasteiger partial charge is 0.146 e. The second kappa shape index (κ2) is 14.0. The molecule has 0 saturated heterocycles. The molecule has 5 N–H and O–H groups in total. The molecule has 0 aliphatic carbocycles. The Balaban J connectivity index is 1.94. The van der Waals surface area contributed by atoms with E-state index >= 15 is 0 Å². The molecule has 3 aromatic carbocycles. The second-order valence-electron chi connectivity index (χ2n) is 10.6. The largest absolute Gasteiger partial charge is 0.494 e. The first-order chi connectivity index (χ1) is 19.7. The highest BCUT2D eigenvalue weighted by atomic mass is 32.2. The Kier molecular flexibility index (Phi) is 10.5. The molecule has 1 heterocycles. The van der Waals surface area contributed by atoms with Gasteiger partial charge in [-0.2, -0.15) is 0 Å². The van der Waals surface area contributed by atoms with Gasteiger partial charge in [-0.25, -0.2) is 0 Å². The van der Waals surface area contributed by atoms with Crippen molar-refractivity contribution < 1.29 is 14.2 Å². The molecule has 4 rings (SSSR count). The van der Waals surface area contributed by atoms with Crippen LogP contribution in [-0.4, -0.2) is 31.5 Å². The SMILES string of the molecule is CCOc1ccc(Sc2c(OCCC(C)C)c3c(c(OCCC(C)C)c2Sc2ccccc2N)C(=N)NC3=N)cc1. The first kappa shape index (κ1) is 30.7. The third-order valence-electron chi connectivity index (χ3n) is 6.44. The number of amidine groups is 2. The fraction of sp³-hybridized carbons (Fsp3) is 0.375. The normalized spacial score (nSPS) is 12.6. The molecule has 218 valence electrons. The van der Waals surface area contributed by atoms with E-state index < -0.39 is 0 Å². The highest BCUT2D eigenvalue weighted by Gasteiger charge is 2.36. The van der Waals surface area contributed by atoms with Crippen LogP contribution in [-0.2, 0) is 0 Å². The standard InChI is InChI=1S/C32H40N4O3S2/c1-6-37-21-11-13-22(14-12-21)40-29-27(38-17-15-19(2)3)25-26(32(35)36-31(25)34)28(39-18-16-20(4)5)30(29)41-24-10-8-7-9-23(24)33/h7-14,19-20H,6,15-18,33H2,1-5H3,(H3,34,35,36). The maximum Gasteiger partial charge on any atom is 0.146 e. The van der Waals surface area contributed by atoms with Crippen molar-refractivity contribution in [3.63, 3.8) is 0 Å². The molecule has 0 fully saturated rings. The summed E-state index contributed by atoms with van der Waals surface area (Å²) < 4.78 is 18.7. The highest BCUT2D eigenvalue weighted by molar-refractivity contribution is 8.02. The lowest BCUT2D eigenvalue weighted by molar-refractivity contribution is 0.270. The predicted octanol–water partition coefficient (Wildman–Crippen LogP) is 8.07. The molecule has 0 aromatic heterocycles. The lowest BCUT2D eigenvalue weighted by Gasteiger charge is -2.23. The van der Waals surface area contributed by atoms with Crippen molar-refractivity contribution in [1.29, 1.82) is 10.8 Å². The number of hydrogen-bond acceptors (Lipinski definition) is 8. The lowest BCUT2D eigenvalue weighted by atomic mass is 10.1. The first-order valence-corrected chi connectivity index (χ1v) is 15.7. The second-order valence-corrected chi connectivity index (χ2v) is 12.8. The van der Waals surface area contributed by atoms with E-state index in [1.807, 2.05) is 55.5 Å². The zero-order chi connectivity index (χ0) is 29.5. The molecule has 1 aliphatic heterocycles. The van der Waals surface area contributed by atoms with Gasteiger partial charge in [0.05, 0.1) is 40.7 Å². The topological polar surface area (TPSA) is 113 Å². The van der Waals surface area contributed by atoms with Gasteiger partial charge < -0.3 is 25.3 Å². The summed E-state index contributed by atoms with van der Waals surface area (Å²) in [5.74, 6) is 3.17. The van der Waals surface area contributed by atoms with E-state index in [4.69, 9.17) is 30.8 Å². The quantitative estimate of drug-likeness (QED) is 0.140. The van der Waals surface area contributed by atoms with Crippen LogP contribution in [0.4, 0.5) is 5.69 Å². The van der Waals surface area contributed by atoms with Gasteiger partial charge in [0.1, 0.15) is 28.9 Å². The van der Waals surface area contributed by atoms with E-state index in [1.54, 1.807) is 11.8 Å². The van der Waals surface area contributed by atoms with Crippen molar-refractivity contribution in [2.75, 3.05) is 25.6 Å². The average molecular weight is 593 g/mol. The van der Waals surface area contributed by atoms with Crippen molar-refractivity contribution in [1.82, 2.24) is 5.32 Å². The summed E-state index contributed by atoms with van der Waals surface area (Å²) in [7, 11) is 0. The maximum absolute atomic E-state index is 8.80. The molecule has 0 amide bonds. The van der Waals surface area contributed by atoms with Gasteiger partial charge in [0.2, 0.25) is 0 Å². The molecule has 41 heavy (non-hydrogen) atoms. The first-order valence-electron chi connectivity index (χ1n) is 14.1. The van der Waals surface area contributed by atoms with Gasteiger partial charge in [0.15, 0.2) is 0 Å². The summed E-state index contributed by atoms with van der Waals surface area (Å²) in [6, 6.07) is 15.7. The van der Waals surface area contributed by atoms with Crippen LogP contribution < -0.4 is 25.3 Å². The third-order valence-corrected chi connectivity index (χ3v) is 8.86. The van der Waals surface area contributed by atoms with Gasteiger partial charge in [-0.05, 0) is 68.0 Å². The zero-order valence-corrected chi connectivity index (χ0v) is 26.1. The zero-order valence-electron chi connectivity index (χ0n) is 24.4. The molecular formula is C32H40N4O3S2. The number of anilines is 1. The molecule has 9 heteroatoms. The van der Waals surface area contributed by atoms with Crippen molar-refractivity contribution in [2.45, 2.75) is 67.0 Å². The number of fused-ring (bicyclic) bond motifs is 1. The van der Waals surface area contributed by atoms with Crippen LogP contribution in [0.2, 0.25) is 0 Å². The minimum Gasteiger partial charge on any atom is -0.494 e. The lowest BCUT2D eigenvalue weighted by Crippen LogP contribution is -2.20. The summed E-state index contributed by atoms with van der Waals surface area (Å²) in [6.07, 6.45) is 1.72. The van der Waals surface area contributed by atoms with E-state index in [0.29, 0.717) is 60.0 Å². The fourth-order valence-electron chi connectivity index (χ4n) is 4.21. The average Bonchev–Trinajstić information content (AvgIpc) is 3.22. The van der Waals surface area contributed by atoms with Crippen molar-refractivity contribution in [2.24, 2.45) is 11.8 Å². The van der Waals surface area contributed by atoms with Crippen molar-refractivity contribution in [3.05, 3.63) is 59.7 Å². The molecule has 0 saturated carbocycles. The maximum atomic E-state index is 8.80. The summed E-state index contributed by atoms with van der Waals surface area (Å²) in [5.41, 5.74) is 8.20. The molecule has 0 spiro atoms. The summed E-state index contributed by atoms with van der Waals surface area (Å²) in [6.45, 7) is 12.2. The highest BCUT2D eigenvalue weighted by Crippen LogP contribution is 2.54. The van der Waals surface area contributed by atoms with Crippen LogP contribution in [0.3, 0.4) is 0 Å². The van der Waals surface area contributed by atoms with Crippen LogP contribution in [0.1, 0.15) is 58.6 Å². The number of nitrogens with two attached hydrogens (primary N) is 1. The van der Waals surface area contributed by atoms with E-state index in [-0.39, 0.29) is 11.7 Å². The van der Waals surface area contributed by atoms with Crippen molar-refractivity contribution in [3.8, 4) is 17.2 Å². The Hall–Kier alpha value is -3.30. The van der Waals surface area contributed by atoms with E-state index in [2.05, 4.69) is 33.0 Å². The van der Waals surface area contributed by atoms with Crippen molar-refractivity contribution >= 4 is 40.9 Å².